The second kappa shape index (κ2) is 6.95. The molecule has 1 aromatic carbocycles. The van der Waals surface area contributed by atoms with Gasteiger partial charge in [0.25, 0.3) is 5.56 Å². The third kappa shape index (κ3) is 3.12. The molecule has 0 radical (unpaired) electrons. The topological polar surface area (TPSA) is 56.5 Å². The molecule has 0 amide bonds. The van der Waals surface area contributed by atoms with Crippen molar-refractivity contribution in [1.82, 2.24) is 9.66 Å². The number of ether oxygens (including phenoxy) is 1. The highest BCUT2D eigenvalue weighted by molar-refractivity contribution is 7.18. The van der Waals surface area contributed by atoms with E-state index in [1.807, 2.05) is 0 Å². The zero-order chi connectivity index (χ0) is 18.1. The van der Waals surface area contributed by atoms with Gasteiger partial charge < -0.3 is 4.74 Å². The zero-order valence-corrected chi connectivity index (χ0v) is 14.5. The van der Waals surface area contributed by atoms with E-state index in [-0.39, 0.29) is 11.3 Å². The maximum absolute atomic E-state index is 12.8. The van der Waals surface area contributed by atoms with Gasteiger partial charge in [-0.25, -0.2) is 4.98 Å². The van der Waals surface area contributed by atoms with Gasteiger partial charge >= 0.3 is 6.61 Å². The van der Waals surface area contributed by atoms with Crippen LogP contribution in [0.3, 0.4) is 0 Å². The van der Waals surface area contributed by atoms with Crippen LogP contribution in [-0.4, -0.2) is 22.5 Å². The van der Waals surface area contributed by atoms with Gasteiger partial charge in [-0.15, -0.1) is 11.3 Å². The first-order valence-electron chi connectivity index (χ1n) is 8.23. The van der Waals surface area contributed by atoms with Crippen molar-refractivity contribution in [3.63, 3.8) is 0 Å². The van der Waals surface area contributed by atoms with Crippen molar-refractivity contribution in [1.29, 1.82) is 0 Å². The lowest BCUT2D eigenvalue weighted by Gasteiger charge is -2.09. The molecule has 2 heterocycles. The van der Waals surface area contributed by atoms with Crippen LogP contribution in [0.4, 0.5) is 8.78 Å². The molecule has 0 saturated carbocycles. The maximum Gasteiger partial charge on any atom is 0.387 e. The zero-order valence-electron chi connectivity index (χ0n) is 13.7. The molecule has 1 aliphatic rings. The van der Waals surface area contributed by atoms with Crippen molar-refractivity contribution in [2.75, 3.05) is 0 Å². The Labute approximate surface area is 151 Å². The number of alkyl halides is 2. The van der Waals surface area contributed by atoms with Gasteiger partial charge in [0.1, 0.15) is 16.9 Å². The van der Waals surface area contributed by atoms with Gasteiger partial charge in [-0.05, 0) is 43.4 Å². The number of fused-ring (bicyclic) bond motifs is 3. The van der Waals surface area contributed by atoms with Gasteiger partial charge in [-0.1, -0.05) is 12.1 Å². The number of thiophene rings is 1. The van der Waals surface area contributed by atoms with Gasteiger partial charge in [-0.2, -0.15) is 18.6 Å². The lowest BCUT2D eigenvalue weighted by molar-refractivity contribution is -0.0499. The van der Waals surface area contributed by atoms with E-state index in [1.165, 1.54) is 23.5 Å². The molecule has 0 fully saturated rings. The summed E-state index contributed by atoms with van der Waals surface area (Å²) in [5, 5.41) is 4.75. The second-order valence-corrected chi connectivity index (χ2v) is 7.03. The smallest absolute Gasteiger partial charge is 0.387 e. The van der Waals surface area contributed by atoms with Crippen molar-refractivity contribution in [3.05, 3.63) is 57.0 Å². The predicted molar refractivity (Wildman–Crippen MR) is 96.6 cm³/mol. The Hall–Kier alpha value is -2.61. The average molecular weight is 375 g/mol. The number of hydrogen-bond acceptors (Lipinski definition) is 5. The number of aromatic nitrogens is 2. The molecular weight excluding hydrogens is 360 g/mol. The van der Waals surface area contributed by atoms with E-state index in [2.05, 4.69) is 14.8 Å². The highest BCUT2D eigenvalue weighted by Gasteiger charge is 2.19. The first kappa shape index (κ1) is 16.8. The van der Waals surface area contributed by atoms with Crippen LogP contribution >= 0.6 is 11.3 Å². The Balaban J connectivity index is 1.73. The Morgan fingerprint density at radius 3 is 2.92 bits per heavy atom. The van der Waals surface area contributed by atoms with Crippen LogP contribution in [0.5, 0.6) is 5.75 Å². The van der Waals surface area contributed by atoms with Crippen LogP contribution < -0.4 is 10.3 Å². The first-order chi connectivity index (χ1) is 12.6. The third-order valence-corrected chi connectivity index (χ3v) is 5.52. The molecule has 1 aliphatic carbocycles. The van der Waals surface area contributed by atoms with Gasteiger partial charge in [0, 0.05) is 10.4 Å². The van der Waals surface area contributed by atoms with Crippen molar-refractivity contribution < 1.29 is 13.5 Å². The van der Waals surface area contributed by atoms with Crippen molar-refractivity contribution in [3.8, 4) is 5.75 Å². The van der Waals surface area contributed by atoms with Crippen molar-refractivity contribution in [2.24, 2.45) is 5.10 Å². The molecule has 0 atom stereocenters. The van der Waals surface area contributed by atoms with Gasteiger partial charge in [-0.3, -0.25) is 4.79 Å². The summed E-state index contributed by atoms with van der Waals surface area (Å²) < 4.78 is 30.6. The molecule has 0 N–H and O–H groups in total. The molecule has 2 aromatic heterocycles. The summed E-state index contributed by atoms with van der Waals surface area (Å²) >= 11 is 1.57. The molecular formula is C18H15F2N3O2S. The van der Waals surface area contributed by atoms with E-state index >= 15 is 0 Å². The minimum Gasteiger partial charge on any atom is -0.434 e. The third-order valence-electron chi connectivity index (χ3n) is 4.32. The van der Waals surface area contributed by atoms with Crippen molar-refractivity contribution >= 4 is 27.8 Å². The summed E-state index contributed by atoms with van der Waals surface area (Å²) in [5.41, 5.74) is 1.20. The molecule has 26 heavy (non-hydrogen) atoms. The standard InChI is InChI=1S/C18H15F2N3O2S/c19-18(20)25-13-7-3-1-5-11(13)9-22-23-10-21-16-15(17(23)24)12-6-2-4-8-14(12)26-16/h1,3,5,7,9-10,18H,2,4,6,8H2/b22-9+. The minimum absolute atomic E-state index is 0.00116. The van der Waals surface area contributed by atoms with Gasteiger partial charge in [0.05, 0.1) is 11.6 Å². The van der Waals surface area contributed by atoms with Crippen LogP contribution in [0.2, 0.25) is 0 Å². The Bertz CT molecular complexity index is 1040. The fraction of sp³-hybridized carbons (Fsp3) is 0.278. The number of nitrogens with zero attached hydrogens (tertiary/aromatic N) is 3. The van der Waals surface area contributed by atoms with Gasteiger partial charge in [0.15, 0.2) is 0 Å². The number of benzene rings is 1. The lowest BCUT2D eigenvalue weighted by atomic mass is 9.97. The number of hydrogen-bond donors (Lipinski definition) is 0. The molecule has 3 aromatic rings. The van der Waals surface area contributed by atoms with Gasteiger partial charge in [0.2, 0.25) is 0 Å². The monoisotopic (exact) mass is 375 g/mol. The highest BCUT2D eigenvalue weighted by Crippen LogP contribution is 2.33. The summed E-state index contributed by atoms with van der Waals surface area (Å²) in [6.45, 7) is -2.93. The summed E-state index contributed by atoms with van der Waals surface area (Å²) in [6, 6.07) is 6.28. The Morgan fingerprint density at radius 1 is 1.27 bits per heavy atom. The predicted octanol–water partition coefficient (Wildman–Crippen LogP) is 3.82. The molecule has 4 rings (SSSR count). The fourth-order valence-electron chi connectivity index (χ4n) is 3.13. The Morgan fingerprint density at radius 2 is 2.08 bits per heavy atom. The summed E-state index contributed by atoms with van der Waals surface area (Å²) in [6.07, 6.45) is 6.75. The molecule has 8 heteroatoms. The largest absolute Gasteiger partial charge is 0.434 e. The second-order valence-electron chi connectivity index (χ2n) is 5.95. The summed E-state index contributed by atoms with van der Waals surface area (Å²) in [5.74, 6) is 0.00116. The van der Waals surface area contributed by atoms with E-state index in [0.29, 0.717) is 10.9 Å². The normalized spacial score (nSPS) is 14.3. The molecule has 0 aliphatic heterocycles. The van der Waals surface area contributed by atoms with E-state index in [9.17, 15) is 13.6 Å². The van der Waals surface area contributed by atoms with Crippen LogP contribution in [-0.2, 0) is 12.8 Å². The molecule has 0 bridgehead atoms. The van der Waals surface area contributed by atoms with E-state index in [4.69, 9.17) is 0 Å². The van der Waals surface area contributed by atoms with E-state index in [0.717, 1.165) is 40.8 Å². The van der Waals surface area contributed by atoms with Crippen LogP contribution in [0.25, 0.3) is 10.2 Å². The number of para-hydroxylation sites is 1. The van der Waals surface area contributed by atoms with Crippen LogP contribution in [0.15, 0.2) is 40.5 Å². The molecule has 5 nitrogen and oxygen atoms in total. The minimum atomic E-state index is -2.93. The SMILES string of the molecule is O=c1c2c3c(sc2ncn1/N=C/c1ccccc1OC(F)F)CCCC3. The molecule has 0 saturated heterocycles. The fourth-order valence-corrected chi connectivity index (χ4v) is 4.35. The molecule has 0 spiro atoms. The number of rotatable bonds is 4. The van der Waals surface area contributed by atoms with Crippen LogP contribution in [0, 0.1) is 0 Å². The van der Waals surface area contributed by atoms with Crippen molar-refractivity contribution in [2.45, 2.75) is 32.3 Å². The Kier molecular flexibility index (Phi) is 4.50. The maximum atomic E-state index is 12.8. The number of halogens is 2. The average Bonchev–Trinajstić information content (AvgIpc) is 3.01. The molecule has 134 valence electrons. The first-order valence-corrected chi connectivity index (χ1v) is 9.05. The summed E-state index contributed by atoms with van der Waals surface area (Å²) in [4.78, 5) is 19.1. The quantitative estimate of drug-likeness (QED) is 0.652. The van der Waals surface area contributed by atoms with E-state index in [1.54, 1.807) is 29.5 Å². The number of aryl methyl sites for hydroxylation is 2. The van der Waals surface area contributed by atoms with E-state index < -0.39 is 6.61 Å². The molecule has 0 unspecified atom stereocenters. The lowest BCUT2D eigenvalue weighted by Crippen LogP contribution is -2.18. The summed E-state index contributed by atoms with van der Waals surface area (Å²) in [7, 11) is 0. The highest BCUT2D eigenvalue weighted by atomic mass is 32.1. The van der Waals surface area contributed by atoms with Crippen LogP contribution in [0.1, 0.15) is 28.8 Å².